The molecule has 0 saturated heterocycles. The normalized spacial score (nSPS) is 13.6. The summed E-state index contributed by atoms with van der Waals surface area (Å²) in [6.45, 7) is 8.23. The molecule has 1 aromatic rings. The number of rotatable bonds is 8. The first-order valence-corrected chi connectivity index (χ1v) is 7.24. The van der Waals surface area contributed by atoms with Crippen molar-refractivity contribution >= 4 is 5.97 Å². The molecule has 4 nitrogen and oxygen atoms in total. The van der Waals surface area contributed by atoms with Crippen molar-refractivity contribution in [2.45, 2.75) is 39.7 Å². The zero-order valence-electron chi connectivity index (χ0n) is 13.2. The molecule has 1 N–H and O–H groups in total. The van der Waals surface area contributed by atoms with Crippen molar-refractivity contribution in [3.8, 4) is 5.75 Å². The van der Waals surface area contributed by atoms with Gasteiger partial charge in [0.15, 0.2) is 0 Å². The van der Waals surface area contributed by atoms with Crippen LogP contribution < -0.4 is 10.1 Å². The van der Waals surface area contributed by atoms with Gasteiger partial charge in [-0.2, -0.15) is 0 Å². The zero-order chi connectivity index (χ0) is 15.9. The molecular weight excluding hydrogens is 273 g/mol. The van der Waals surface area contributed by atoms with Gasteiger partial charge in [0.2, 0.25) is 0 Å². The molecule has 21 heavy (non-hydrogen) atoms. The van der Waals surface area contributed by atoms with Crippen LogP contribution in [0.4, 0.5) is 4.39 Å². The second-order valence-electron chi connectivity index (χ2n) is 5.18. The summed E-state index contributed by atoms with van der Waals surface area (Å²) in [6, 6.07) is 4.65. The van der Waals surface area contributed by atoms with Crippen molar-refractivity contribution in [2.75, 3.05) is 19.8 Å². The number of esters is 1. The summed E-state index contributed by atoms with van der Waals surface area (Å²) in [6.07, 6.45) is 0.883. The van der Waals surface area contributed by atoms with E-state index in [1.165, 1.54) is 6.07 Å². The quantitative estimate of drug-likeness (QED) is 0.750. The van der Waals surface area contributed by atoms with Crippen molar-refractivity contribution in [1.29, 1.82) is 0 Å². The van der Waals surface area contributed by atoms with Crippen LogP contribution in [0.15, 0.2) is 18.2 Å². The van der Waals surface area contributed by atoms with Gasteiger partial charge in [0.05, 0.1) is 6.61 Å². The SMILES string of the molecule is CCCNC(C)(COc1ccc(C)c(F)c1)C(=O)OCC. The van der Waals surface area contributed by atoms with E-state index in [0.717, 1.165) is 6.42 Å². The molecule has 1 aromatic carbocycles. The topological polar surface area (TPSA) is 47.6 Å². The average molecular weight is 297 g/mol. The molecule has 1 atom stereocenters. The van der Waals surface area contributed by atoms with Crippen LogP contribution in [-0.4, -0.2) is 31.3 Å². The van der Waals surface area contributed by atoms with Crippen LogP contribution in [0.1, 0.15) is 32.8 Å². The molecule has 5 heteroatoms. The molecule has 0 fully saturated rings. The largest absolute Gasteiger partial charge is 0.491 e. The third kappa shape index (κ3) is 5.01. The summed E-state index contributed by atoms with van der Waals surface area (Å²) in [7, 11) is 0. The minimum atomic E-state index is -0.951. The lowest BCUT2D eigenvalue weighted by molar-refractivity contribution is -0.151. The van der Waals surface area contributed by atoms with Gasteiger partial charge in [-0.05, 0) is 45.4 Å². The average Bonchev–Trinajstić information content (AvgIpc) is 2.46. The smallest absolute Gasteiger partial charge is 0.329 e. The lowest BCUT2D eigenvalue weighted by Crippen LogP contribution is -2.55. The van der Waals surface area contributed by atoms with Gasteiger partial charge in [-0.3, -0.25) is 5.32 Å². The van der Waals surface area contributed by atoms with Crippen molar-refractivity contribution in [3.63, 3.8) is 0 Å². The fourth-order valence-corrected chi connectivity index (χ4v) is 1.76. The van der Waals surface area contributed by atoms with Crippen LogP contribution in [-0.2, 0) is 9.53 Å². The van der Waals surface area contributed by atoms with Gasteiger partial charge < -0.3 is 9.47 Å². The summed E-state index contributed by atoms with van der Waals surface area (Å²) in [5, 5.41) is 3.13. The third-order valence-corrected chi connectivity index (χ3v) is 3.16. The minimum Gasteiger partial charge on any atom is -0.491 e. The van der Waals surface area contributed by atoms with E-state index in [-0.39, 0.29) is 18.4 Å². The molecule has 0 saturated carbocycles. The summed E-state index contributed by atoms with van der Waals surface area (Å²) < 4.78 is 24.1. The molecule has 0 radical (unpaired) electrons. The molecule has 0 amide bonds. The first kappa shape index (κ1) is 17.4. The number of nitrogens with one attached hydrogen (secondary N) is 1. The zero-order valence-corrected chi connectivity index (χ0v) is 13.2. The first-order chi connectivity index (χ1) is 9.92. The summed E-state index contributed by atoms with van der Waals surface area (Å²) in [4.78, 5) is 12.1. The van der Waals surface area contributed by atoms with Crippen LogP contribution in [0.25, 0.3) is 0 Å². The van der Waals surface area contributed by atoms with Crippen LogP contribution >= 0.6 is 0 Å². The number of carbonyl (C=O) groups excluding carboxylic acids is 1. The predicted octanol–water partition coefficient (Wildman–Crippen LogP) is 2.83. The van der Waals surface area contributed by atoms with E-state index in [1.807, 2.05) is 6.92 Å². The van der Waals surface area contributed by atoms with E-state index in [2.05, 4.69) is 5.32 Å². The lowest BCUT2D eigenvalue weighted by atomic mass is 10.0. The lowest BCUT2D eigenvalue weighted by Gasteiger charge is -2.28. The van der Waals surface area contributed by atoms with Crippen LogP contribution in [0.2, 0.25) is 0 Å². The molecule has 0 aliphatic rings. The molecule has 1 unspecified atom stereocenters. The van der Waals surface area contributed by atoms with E-state index in [1.54, 1.807) is 32.9 Å². The van der Waals surface area contributed by atoms with Crippen LogP contribution in [0, 0.1) is 12.7 Å². The summed E-state index contributed by atoms with van der Waals surface area (Å²) in [5.74, 6) is -0.301. The highest BCUT2D eigenvalue weighted by atomic mass is 19.1. The Kier molecular flexibility index (Phi) is 6.62. The van der Waals surface area contributed by atoms with Crippen molar-refractivity contribution in [3.05, 3.63) is 29.6 Å². The van der Waals surface area contributed by atoms with Gasteiger partial charge in [-0.1, -0.05) is 13.0 Å². The number of hydrogen-bond acceptors (Lipinski definition) is 4. The molecule has 0 aliphatic heterocycles. The Morgan fingerprint density at radius 1 is 1.38 bits per heavy atom. The van der Waals surface area contributed by atoms with Gasteiger partial charge in [0.25, 0.3) is 0 Å². The monoisotopic (exact) mass is 297 g/mol. The maximum atomic E-state index is 13.5. The molecule has 0 aromatic heterocycles. The summed E-state index contributed by atoms with van der Waals surface area (Å²) >= 11 is 0. The second kappa shape index (κ2) is 7.98. The highest BCUT2D eigenvalue weighted by molar-refractivity contribution is 5.80. The Morgan fingerprint density at radius 2 is 2.10 bits per heavy atom. The molecular formula is C16H24FNO3. The number of aryl methyl sites for hydroxylation is 1. The fourth-order valence-electron chi connectivity index (χ4n) is 1.76. The number of carbonyl (C=O) groups is 1. The third-order valence-electron chi connectivity index (χ3n) is 3.16. The van der Waals surface area contributed by atoms with Gasteiger partial charge in [0.1, 0.15) is 23.7 Å². The Bertz CT molecular complexity index is 479. The van der Waals surface area contributed by atoms with E-state index < -0.39 is 5.54 Å². The van der Waals surface area contributed by atoms with Crippen LogP contribution in [0.3, 0.4) is 0 Å². The van der Waals surface area contributed by atoms with Crippen LogP contribution in [0.5, 0.6) is 5.75 Å². The molecule has 0 spiro atoms. The van der Waals surface area contributed by atoms with Crippen molar-refractivity contribution < 1.29 is 18.7 Å². The Morgan fingerprint density at radius 3 is 2.67 bits per heavy atom. The van der Waals surface area contributed by atoms with E-state index >= 15 is 0 Å². The maximum absolute atomic E-state index is 13.5. The Labute approximate surface area is 125 Å². The highest BCUT2D eigenvalue weighted by Gasteiger charge is 2.35. The molecule has 0 aliphatic carbocycles. The highest BCUT2D eigenvalue weighted by Crippen LogP contribution is 2.18. The predicted molar refractivity (Wildman–Crippen MR) is 80.0 cm³/mol. The van der Waals surface area contributed by atoms with Gasteiger partial charge in [0, 0.05) is 6.07 Å². The number of halogens is 1. The van der Waals surface area contributed by atoms with Gasteiger partial charge >= 0.3 is 5.97 Å². The van der Waals surface area contributed by atoms with Crippen molar-refractivity contribution in [2.24, 2.45) is 0 Å². The first-order valence-electron chi connectivity index (χ1n) is 7.24. The fraction of sp³-hybridized carbons (Fsp3) is 0.562. The number of benzene rings is 1. The van der Waals surface area contributed by atoms with Gasteiger partial charge in [-0.15, -0.1) is 0 Å². The number of hydrogen-bond donors (Lipinski definition) is 1. The minimum absolute atomic E-state index is 0.0777. The maximum Gasteiger partial charge on any atom is 0.329 e. The summed E-state index contributed by atoms with van der Waals surface area (Å²) in [5.41, 5.74) is -0.396. The van der Waals surface area contributed by atoms with E-state index in [0.29, 0.717) is 24.5 Å². The van der Waals surface area contributed by atoms with Crippen molar-refractivity contribution in [1.82, 2.24) is 5.32 Å². The molecule has 0 heterocycles. The van der Waals surface area contributed by atoms with E-state index in [9.17, 15) is 9.18 Å². The molecule has 118 valence electrons. The standard InChI is InChI=1S/C16H24FNO3/c1-5-9-18-16(4,15(19)20-6-2)11-21-13-8-7-12(3)14(17)10-13/h7-8,10,18H,5-6,9,11H2,1-4H3. The van der Waals surface area contributed by atoms with Gasteiger partial charge in [-0.25, -0.2) is 9.18 Å². The molecule has 1 rings (SSSR count). The second-order valence-corrected chi connectivity index (χ2v) is 5.18. The Balaban J connectivity index is 2.76. The number of ether oxygens (including phenoxy) is 2. The molecule has 0 bridgehead atoms. The Hall–Kier alpha value is -1.62. The van der Waals surface area contributed by atoms with E-state index in [4.69, 9.17) is 9.47 Å².